The van der Waals surface area contributed by atoms with Gasteiger partial charge in [0.25, 0.3) is 11.7 Å². The van der Waals surface area contributed by atoms with E-state index in [0.29, 0.717) is 18.5 Å². The Morgan fingerprint density at radius 1 is 1.14 bits per heavy atom. The van der Waals surface area contributed by atoms with Crippen LogP contribution < -0.4 is 4.74 Å². The Balaban J connectivity index is 1.55. The molecule has 2 aromatic heterocycles. The lowest BCUT2D eigenvalue weighted by Gasteiger charge is -2.25. The monoisotopic (exact) mass is 467 g/mol. The predicted octanol–water partition coefficient (Wildman–Crippen LogP) is 4.54. The van der Waals surface area contributed by atoms with E-state index >= 15 is 0 Å². The van der Waals surface area contributed by atoms with Crippen molar-refractivity contribution in [3.63, 3.8) is 0 Å². The number of likely N-dealkylation sites (tertiary alicyclic amines) is 1. The van der Waals surface area contributed by atoms with Gasteiger partial charge in [0.05, 0.1) is 18.7 Å². The van der Waals surface area contributed by atoms with Gasteiger partial charge in [0.15, 0.2) is 0 Å². The van der Waals surface area contributed by atoms with Gasteiger partial charge < -0.3 is 19.7 Å². The second-order valence-corrected chi connectivity index (χ2v) is 8.62. The van der Waals surface area contributed by atoms with Crippen molar-refractivity contribution in [3.8, 4) is 5.75 Å². The van der Waals surface area contributed by atoms with Crippen LogP contribution in [0.15, 0.2) is 78.8 Å². The molecule has 1 saturated heterocycles. The average Bonchev–Trinajstić information content (AvgIpc) is 3.41. The SMILES string of the molecule is COc1ccc2[nH]cc(CCN3C(=O)C(=O)C(=C(O)c4cccnc4)C3c3ccc(C)cc3)c2c1. The van der Waals surface area contributed by atoms with Crippen molar-refractivity contribution < 1.29 is 19.4 Å². The molecule has 2 N–H and O–H groups in total. The van der Waals surface area contributed by atoms with E-state index in [0.717, 1.165) is 33.3 Å². The van der Waals surface area contributed by atoms with Crippen molar-refractivity contribution in [3.05, 3.63) is 101 Å². The first-order chi connectivity index (χ1) is 17.0. The number of fused-ring (bicyclic) bond motifs is 1. The summed E-state index contributed by atoms with van der Waals surface area (Å²) in [6, 6.07) is 16.1. The third-order valence-electron chi connectivity index (χ3n) is 6.46. The molecule has 3 heterocycles. The molecule has 35 heavy (non-hydrogen) atoms. The van der Waals surface area contributed by atoms with Gasteiger partial charge in [-0.2, -0.15) is 0 Å². The van der Waals surface area contributed by atoms with Crippen LogP contribution in [0.1, 0.15) is 28.3 Å². The number of benzene rings is 2. The second kappa shape index (κ2) is 9.10. The number of nitrogens with zero attached hydrogens (tertiary/aromatic N) is 2. The number of ketones is 1. The summed E-state index contributed by atoms with van der Waals surface area (Å²) in [5, 5.41) is 12.1. The highest BCUT2D eigenvalue weighted by Gasteiger charge is 2.45. The molecule has 0 aliphatic carbocycles. The van der Waals surface area contributed by atoms with Gasteiger partial charge in [0.1, 0.15) is 11.5 Å². The molecule has 0 radical (unpaired) electrons. The first-order valence-electron chi connectivity index (χ1n) is 11.4. The van der Waals surface area contributed by atoms with E-state index in [2.05, 4.69) is 9.97 Å². The number of hydrogen-bond acceptors (Lipinski definition) is 5. The number of aliphatic hydroxyl groups excluding tert-OH is 1. The van der Waals surface area contributed by atoms with Crippen LogP contribution in [-0.4, -0.2) is 45.3 Å². The lowest BCUT2D eigenvalue weighted by atomic mass is 9.95. The summed E-state index contributed by atoms with van der Waals surface area (Å²) in [5.41, 5.74) is 4.27. The minimum Gasteiger partial charge on any atom is -0.507 e. The maximum atomic E-state index is 13.2. The summed E-state index contributed by atoms with van der Waals surface area (Å²) in [6.07, 6.45) is 5.50. The van der Waals surface area contributed by atoms with E-state index < -0.39 is 17.7 Å². The molecular weight excluding hydrogens is 442 g/mol. The van der Waals surface area contributed by atoms with Crippen molar-refractivity contribution in [1.29, 1.82) is 0 Å². The van der Waals surface area contributed by atoms with Crippen LogP contribution in [0, 0.1) is 6.92 Å². The number of aliphatic hydroxyl groups is 1. The van der Waals surface area contributed by atoms with Crippen LogP contribution >= 0.6 is 0 Å². The minimum absolute atomic E-state index is 0.0763. The first kappa shape index (κ1) is 22.4. The Bertz CT molecular complexity index is 1440. The maximum Gasteiger partial charge on any atom is 0.295 e. The fraction of sp³-hybridized carbons (Fsp3) is 0.179. The number of methoxy groups -OCH3 is 1. The predicted molar refractivity (Wildman–Crippen MR) is 133 cm³/mol. The third kappa shape index (κ3) is 4.05. The van der Waals surface area contributed by atoms with Gasteiger partial charge in [-0.15, -0.1) is 0 Å². The van der Waals surface area contributed by atoms with Gasteiger partial charge in [-0.3, -0.25) is 14.6 Å². The van der Waals surface area contributed by atoms with Crippen LogP contribution in [0.5, 0.6) is 5.75 Å². The number of ether oxygens (including phenoxy) is 1. The van der Waals surface area contributed by atoms with E-state index in [9.17, 15) is 14.7 Å². The molecule has 1 atom stereocenters. The number of carbonyl (C=O) groups excluding carboxylic acids is 2. The molecule has 1 aliphatic rings. The highest BCUT2D eigenvalue weighted by atomic mass is 16.5. The molecule has 1 unspecified atom stereocenters. The fourth-order valence-corrected chi connectivity index (χ4v) is 4.60. The maximum absolute atomic E-state index is 13.2. The number of H-pyrrole nitrogens is 1. The lowest BCUT2D eigenvalue weighted by molar-refractivity contribution is -0.139. The Hall–Kier alpha value is -4.39. The Morgan fingerprint density at radius 2 is 1.94 bits per heavy atom. The number of pyridine rings is 1. The largest absolute Gasteiger partial charge is 0.507 e. The van der Waals surface area contributed by atoms with Crippen molar-refractivity contribution >= 4 is 28.4 Å². The van der Waals surface area contributed by atoms with Crippen LogP contribution in [0.3, 0.4) is 0 Å². The molecule has 7 heteroatoms. The Labute approximate surface area is 202 Å². The number of rotatable bonds is 6. The summed E-state index contributed by atoms with van der Waals surface area (Å²) in [6.45, 7) is 2.28. The second-order valence-electron chi connectivity index (χ2n) is 8.62. The number of aromatic amines is 1. The summed E-state index contributed by atoms with van der Waals surface area (Å²) < 4.78 is 5.36. The summed E-state index contributed by atoms with van der Waals surface area (Å²) in [4.78, 5) is 35.2. The summed E-state index contributed by atoms with van der Waals surface area (Å²) in [7, 11) is 1.62. The first-order valence-corrected chi connectivity index (χ1v) is 11.4. The highest BCUT2D eigenvalue weighted by Crippen LogP contribution is 2.39. The van der Waals surface area contributed by atoms with E-state index in [1.807, 2.05) is 55.6 Å². The number of aromatic nitrogens is 2. The smallest absolute Gasteiger partial charge is 0.295 e. The van der Waals surface area contributed by atoms with Crippen molar-refractivity contribution in [2.45, 2.75) is 19.4 Å². The standard InChI is InChI=1S/C28H25N3O4/c1-17-5-7-18(8-6-17)25-24(26(32)20-4-3-12-29-15-20)27(33)28(34)31(25)13-11-19-16-30-23-10-9-21(35-2)14-22(19)23/h3-10,12,14-16,25,30,32H,11,13H2,1-2H3. The van der Waals surface area contributed by atoms with Crippen molar-refractivity contribution in [2.24, 2.45) is 0 Å². The van der Waals surface area contributed by atoms with Gasteiger partial charge in [-0.1, -0.05) is 29.8 Å². The van der Waals surface area contributed by atoms with E-state index in [1.54, 1.807) is 30.3 Å². The van der Waals surface area contributed by atoms with Gasteiger partial charge >= 0.3 is 0 Å². The van der Waals surface area contributed by atoms with Gasteiger partial charge in [-0.05, 0) is 54.8 Å². The van der Waals surface area contributed by atoms with E-state index in [1.165, 1.54) is 6.20 Å². The molecule has 0 bridgehead atoms. The lowest BCUT2D eigenvalue weighted by Crippen LogP contribution is -2.31. The third-order valence-corrected chi connectivity index (χ3v) is 6.46. The molecule has 2 aromatic carbocycles. The van der Waals surface area contributed by atoms with Gasteiger partial charge in [-0.25, -0.2) is 0 Å². The zero-order chi connectivity index (χ0) is 24.5. The van der Waals surface area contributed by atoms with Gasteiger partial charge in [0.2, 0.25) is 0 Å². The number of carbonyl (C=O) groups is 2. The minimum atomic E-state index is -0.699. The summed E-state index contributed by atoms with van der Waals surface area (Å²) in [5.74, 6) is -0.799. The molecule has 176 valence electrons. The van der Waals surface area contributed by atoms with Crippen molar-refractivity contribution in [2.75, 3.05) is 13.7 Å². The molecule has 0 spiro atoms. The van der Waals surface area contributed by atoms with E-state index in [4.69, 9.17) is 4.74 Å². The zero-order valence-corrected chi connectivity index (χ0v) is 19.5. The number of hydrogen-bond donors (Lipinski definition) is 2. The van der Waals surface area contributed by atoms with Crippen LogP contribution in [0.2, 0.25) is 0 Å². The quantitative estimate of drug-likeness (QED) is 0.247. The van der Waals surface area contributed by atoms with Gasteiger partial charge in [0, 0.05) is 41.6 Å². The molecule has 5 rings (SSSR count). The highest BCUT2D eigenvalue weighted by molar-refractivity contribution is 6.46. The molecule has 7 nitrogen and oxygen atoms in total. The molecule has 4 aromatic rings. The number of aryl methyl sites for hydroxylation is 1. The van der Waals surface area contributed by atoms with Crippen LogP contribution in [0.4, 0.5) is 0 Å². The van der Waals surface area contributed by atoms with Crippen LogP contribution in [-0.2, 0) is 16.0 Å². The van der Waals surface area contributed by atoms with Crippen molar-refractivity contribution in [1.82, 2.24) is 14.9 Å². The Morgan fingerprint density at radius 3 is 2.66 bits per heavy atom. The molecule has 1 aliphatic heterocycles. The molecule has 0 saturated carbocycles. The number of amides is 1. The molecular formula is C28H25N3O4. The number of Topliss-reactive ketones (excluding diaryl/α,β-unsaturated/α-hetero) is 1. The van der Waals surface area contributed by atoms with Crippen LogP contribution in [0.25, 0.3) is 16.7 Å². The Kier molecular flexibility index (Phi) is 5.82. The molecule has 1 fully saturated rings. The van der Waals surface area contributed by atoms with E-state index in [-0.39, 0.29) is 11.3 Å². The average molecular weight is 468 g/mol. The topological polar surface area (TPSA) is 95.5 Å². The summed E-state index contributed by atoms with van der Waals surface area (Å²) >= 11 is 0. The normalized spacial score (nSPS) is 17.3. The fourth-order valence-electron chi connectivity index (χ4n) is 4.60. The molecule has 1 amide bonds. The number of nitrogens with one attached hydrogen (secondary N) is 1. The zero-order valence-electron chi connectivity index (χ0n) is 19.5.